The van der Waals surface area contributed by atoms with E-state index in [1.807, 2.05) is 6.92 Å². The molecule has 0 spiro atoms. The van der Waals surface area contributed by atoms with Crippen molar-refractivity contribution in [2.75, 3.05) is 0 Å². The minimum atomic E-state index is -0.823. The molecule has 0 aromatic carbocycles. The molecule has 4 heteroatoms. The maximum Gasteiger partial charge on any atom is 0.311 e. The molecule has 80 valence electrons. The number of aliphatic hydroxyl groups is 1. The van der Waals surface area contributed by atoms with Crippen molar-refractivity contribution in [3.8, 4) is 0 Å². The number of hydrogen-bond donors (Lipinski definition) is 1. The number of esters is 1. The maximum atomic E-state index is 11.2. The summed E-state index contributed by atoms with van der Waals surface area (Å²) in [4.78, 5) is 11.2. The molecule has 0 aromatic rings. The molecular formula is C10H16O4. The van der Waals surface area contributed by atoms with Crippen LogP contribution in [0.15, 0.2) is 11.5 Å². The molecule has 1 heterocycles. The summed E-state index contributed by atoms with van der Waals surface area (Å²) in [6, 6.07) is 0. The Morgan fingerprint density at radius 3 is 2.71 bits per heavy atom. The minimum Gasteiger partial charge on any atom is -0.489 e. The lowest BCUT2D eigenvalue weighted by Crippen LogP contribution is -2.22. The van der Waals surface area contributed by atoms with Gasteiger partial charge in [-0.15, -0.1) is 0 Å². The van der Waals surface area contributed by atoms with Crippen LogP contribution in [0.2, 0.25) is 0 Å². The van der Waals surface area contributed by atoms with Crippen molar-refractivity contribution in [2.24, 2.45) is 0 Å². The van der Waals surface area contributed by atoms with Crippen LogP contribution in [0.3, 0.4) is 0 Å². The molecule has 1 aliphatic heterocycles. The lowest BCUT2D eigenvalue weighted by Gasteiger charge is -2.10. The Kier molecular flexibility index (Phi) is 3.52. The fourth-order valence-corrected chi connectivity index (χ4v) is 1.33. The predicted molar refractivity (Wildman–Crippen MR) is 50.3 cm³/mol. The molecule has 4 nitrogen and oxygen atoms in total. The number of allylic oxidation sites excluding steroid dienone is 1. The van der Waals surface area contributed by atoms with E-state index in [4.69, 9.17) is 9.47 Å². The Labute approximate surface area is 83.5 Å². The molecule has 2 unspecified atom stereocenters. The molecule has 0 saturated carbocycles. The summed E-state index contributed by atoms with van der Waals surface area (Å²) in [6.07, 6.45) is -0.0644. The largest absolute Gasteiger partial charge is 0.489 e. The summed E-state index contributed by atoms with van der Waals surface area (Å²) in [5.41, 5.74) is 0. The van der Waals surface area contributed by atoms with Gasteiger partial charge in [0.25, 0.3) is 0 Å². The van der Waals surface area contributed by atoms with Gasteiger partial charge in [-0.05, 0) is 20.3 Å². The van der Waals surface area contributed by atoms with Crippen LogP contribution >= 0.6 is 0 Å². The van der Waals surface area contributed by atoms with Crippen molar-refractivity contribution in [3.05, 3.63) is 11.5 Å². The van der Waals surface area contributed by atoms with E-state index in [-0.39, 0.29) is 17.8 Å². The van der Waals surface area contributed by atoms with Gasteiger partial charge in [0, 0.05) is 6.42 Å². The Hall–Kier alpha value is -1.03. The molecule has 1 aliphatic rings. The number of hydrogen-bond acceptors (Lipinski definition) is 4. The highest BCUT2D eigenvalue weighted by Gasteiger charge is 2.33. The van der Waals surface area contributed by atoms with Gasteiger partial charge in [-0.3, -0.25) is 4.79 Å². The van der Waals surface area contributed by atoms with E-state index in [1.165, 1.54) is 0 Å². The van der Waals surface area contributed by atoms with E-state index >= 15 is 0 Å². The number of aliphatic hydroxyl groups excluding tert-OH is 1. The summed E-state index contributed by atoms with van der Waals surface area (Å²) in [6.45, 7) is 5.31. The Morgan fingerprint density at radius 1 is 1.64 bits per heavy atom. The van der Waals surface area contributed by atoms with Crippen molar-refractivity contribution in [2.45, 2.75) is 45.8 Å². The van der Waals surface area contributed by atoms with Crippen molar-refractivity contribution in [1.29, 1.82) is 0 Å². The molecule has 1 rings (SSSR count). The fraction of sp³-hybridized carbons (Fsp3) is 0.700. The molecule has 0 aromatic heterocycles. The van der Waals surface area contributed by atoms with Gasteiger partial charge >= 0.3 is 5.97 Å². The van der Waals surface area contributed by atoms with E-state index in [2.05, 4.69) is 0 Å². The molecule has 0 aliphatic carbocycles. The van der Waals surface area contributed by atoms with Crippen molar-refractivity contribution in [1.82, 2.24) is 0 Å². The molecule has 0 bridgehead atoms. The van der Waals surface area contributed by atoms with Crippen LogP contribution in [0.4, 0.5) is 0 Å². The quantitative estimate of drug-likeness (QED) is 0.698. The second-order valence-corrected chi connectivity index (χ2v) is 3.41. The average Bonchev–Trinajstić information content (AvgIpc) is 2.33. The second kappa shape index (κ2) is 4.46. The van der Waals surface area contributed by atoms with Gasteiger partial charge in [0.15, 0.2) is 11.9 Å². The smallest absolute Gasteiger partial charge is 0.311 e. The summed E-state index contributed by atoms with van der Waals surface area (Å²) in [5.74, 6) is 0.434. The van der Waals surface area contributed by atoms with Gasteiger partial charge in [-0.1, -0.05) is 6.92 Å². The SMILES string of the molecule is CCCC(=O)OC1=C(C)OC(C)C1O. The van der Waals surface area contributed by atoms with Crippen molar-refractivity contribution >= 4 is 5.97 Å². The summed E-state index contributed by atoms with van der Waals surface area (Å²) < 4.78 is 10.2. The van der Waals surface area contributed by atoms with Crippen molar-refractivity contribution < 1.29 is 19.4 Å². The summed E-state index contributed by atoms with van der Waals surface area (Å²) in [5, 5.41) is 9.58. The van der Waals surface area contributed by atoms with Crippen LogP contribution in [0.1, 0.15) is 33.6 Å². The van der Waals surface area contributed by atoms with Crippen LogP contribution in [0.5, 0.6) is 0 Å². The van der Waals surface area contributed by atoms with Gasteiger partial charge in [-0.2, -0.15) is 0 Å². The van der Waals surface area contributed by atoms with E-state index in [0.717, 1.165) is 6.42 Å². The van der Waals surface area contributed by atoms with Gasteiger partial charge in [0.05, 0.1) is 0 Å². The molecule has 2 atom stereocenters. The highest BCUT2D eigenvalue weighted by atomic mass is 16.6. The number of carbonyl (C=O) groups is 1. The van der Waals surface area contributed by atoms with Crippen LogP contribution in [0.25, 0.3) is 0 Å². The first-order valence-electron chi connectivity index (χ1n) is 4.82. The first-order chi connectivity index (χ1) is 6.56. The summed E-state index contributed by atoms with van der Waals surface area (Å²) >= 11 is 0. The van der Waals surface area contributed by atoms with E-state index in [0.29, 0.717) is 12.2 Å². The molecule has 0 radical (unpaired) electrons. The van der Waals surface area contributed by atoms with Gasteiger partial charge in [0.2, 0.25) is 0 Å². The third kappa shape index (κ3) is 2.26. The van der Waals surface area contributed by atoms with Crippen molar-refractivity contribution in [3.63, 3.8) is 0 Å². The highest BCUT2D eigenvalue weighted by Crippen LogP contribution is 2.26. The predicted octanol–water partition coefficient (Wildman–Crippen LogP) is 1.34. The van der Waals surface area contributed by atoms with Crippen LogP contribution in [0, 0.1) is 0 Å². The van der Waals surface area contributed by atoms with Crippen LogP contribution < -0.4 is 0 Å². The van der Waals surface area contributed by atoms with Crippen LogP contribution in [-0.2, 0) is 14.3 Å². The molecule has 0 saturated heterocycles. The zero-order valence-electron chi connectivity index (χ0n) is 8.74. The Morgan fingerprint density at radius 2 is 2.29 bits per heavy atom. The maximum absolute atomic E-state index is 11.2. The Bertz CT molecular complexity index is 257. The molecule has 14 heavy (non-hydrogen) atoms. The average molecular weight is 200 g/mol. The monoisotopic (exact) mass is 200 g/mol. The Balaban J connectivity index is 2.60. The topological polar surface area (TPSA) is 55.8 Å². The molecule has 0 fully saturated rings. The van der Waals surface area contributed by atoms with Gasteiger partial charge in [0.1, 0.15) is 11.9 Å². The first kappa shape index (κ1) is 11.0. The fourth-order valence-electron chi connectivity index (χ4n) is 1.33. The minimum absolute atomic E-state index is 0.260. The van der Waals surface area contributed by atoms with E-state index in [9.17, 15) is 9.90 Å². The first-order valence-corrected chi connectivity index (χ1v) is 4.82. The molecular weight excluding hydrogens is 184 g/mol. The third-order valence-corrected chi connectivity index (χ3v) is 2.10. The molecule has 0 amide bonds. The van der Waals surface area contributed by atoms with Gasteiger partial charge < -0.3 is 14.6 Å². The highest BCUT2D eigenvalue weighted by molar-refractivity contribution is 5.70. The number of carbonyl (C=O) groups excluding carboxylic acids is 1. The lowest BCUT2D eigenvalue weighted by molar-refractivity contribution is -0.141. The van der Waals surface area contributed by atoms with Crippen LogP contribution in [-0.4, -0.2) is 23.3 Å². The molecule has 1 N–H and O–H groups in total. The number of rotatable bonds is 3. The normalized spacial score (nSPS) is 26.3. The summed E-state index contributed by atoms with van der Waals surface area (Å²) in [7, 11) is 0. The standard InChI is InChI=1S/C10H16O4/c1-4-5-8(11)14-10-7(3)13-6(2)9(10)12/h6,9,12H,4-5H2,1-3H3. The number of ether oxygens (including phenoxy) is 2. The van der Waals surface area contributed by atoms with E-state index in [1.54, 1.807) is 13.8 Å². The zero-order chi connectivity index (χ0) is 10.7. The second-order valence-electron chi connectivity index (χ2n) is 3.41. The van der Waals surface area contributed by atoms with E-state index < -0.39 is 6.10 Å². The van der Waals surface area contributed by atoms with Gasteiger partial charge in [-0.25, -0.2) is 0 Å². The zero-order valence-corrected chi connectivity index (χ0v) is 8.74. The third-order valence-electron chi connectivity index (χ3n) is 2.10. The lowest BCUT2D eigenvalue weighted by atomic mass is 10.2.